The second kappa shape index (κ2) is 3.88. The molecule has 0 aliphatic heterocycles. The van der Waals surface area contributed by atoms with Crippen molar-refractivity contribution in [3.8, 4) is 0 Å². The highest BCUT2D eigenvalue weighted by Gasteiger charge is 1.98. The van der Waals surface area contributed by atoms with Crippen molar-refractivity contribution in [3.63, 3.8) is 0 Å². The molecule has 0 saturated heterocycles. The normalized spacial score (nSPS) is 10.9. The van der Waals surface area contributed by atoms with Crippen LogP contribution in [0.3, 0.4) is 0 Å². The summed E-state index contributed by atoms with van der Waals surface area (Å²) in [5.74, 6) is 0. The first kappa shape index (κ1) is 9.33. The van der Waals surface area contributed by atoms with Crippen molar-refractivity contribution >= 4 is 17.0 Å². The van der Waals surface area contributed by atoms with Gasteiger partial charge in [0.2, 0.25) is 6.20 Å². The molecule has 1 heterocycles. The van der Waals surface area contributed by atoms with E-state index in [2.05, 4.69) is 4.98 Å². The SMILES string of the molecule is O=[N+]([O-])/C=C/c1cccc2cccnc12. The summed E-state index contributed by atoms with van der Waals surface area (Å²) in [4.78, 5) is 13.9. The van der Waals surface area contributed by atoms with Crippen molar-refractivity contribution in [3.05, 3.63) is 58.4 Å². The average Bonchev–Trinajstić information content (AvgIpc) is 2.26. The Kier molecular flexibility index (Phi) is 2.41. The summed E-state index contributed by atoms with van der Waals surface area (Å²) in [6.45, 7) is 0. The number of hydrogen-bond donors (Lipinski definition) is 0. The molecule has 0 amide bonds. The highest BCUT2D eigenvalue weighted by molar-refractivity contribution is 5.86. The molecule has 15 heavy (non-hydrogen) atoms. The predicted molar refractivity (Wildman–Crippen MR) is 57.8 cm³/mol. The van der Waals surface area contributed by atoms with Crippen LogP contribution in [0.4, 0.5) is 0 Å². The molecule has 2 aromatic rings. The van der Waals surface area contributed by atoms with E-state index < -0.39 is 4.92 Å². The Labute approximate surface area is 86.0 Å². The predicted octanol–water partition coefficient (Wildman–Crippen LogP) is 2.48. The van der Waals surface area contributed by atoms with Gasteiger partial charge in [0.1, 0.15) is 0 Å². The molecule has 0 aliphatic carbocycles. The van der Waals surface area contributed by atoms with Crippen LogP contribution in [0.1, 0.15) is 5.56 Å². The van der Waals surface area contributed by atoms with Crippen LogP contribution in [0.5, 0.6) is 0 Å². The molecule has 4 nitrogen and oxygen atoms in total. The van der Waals surface area contributed by atoms with Crippen LogP contribution in [-0.2, 0) is 0 Å². The molecular weight excluding hydrogens is 192 g/mol. The van der Waals surface area contributed by atoms with Gasteiger partial charge in [-0.05, 0) is 6.07 Å². The minimum absolute atomic E-state index is 0.484. The number of rotatable bonds is 2. The number of benzene rings is 1. The maximum atomic E-state index is 10.2. The van der Waals surface area contributed by atoms with Gasteiger partial charge in [0.15, 0.2) is 0 Å². The maximum Gasteiger partial charge on any atom is 0.235 e. The van der Waals surface area contributed by atoms with Gasteiger partial charge in [-0.25, -0.2) is 0 Å². The molecule has 0 unspecified atom stereocenters. The van der Waals surface area contributed by atoms with Crippen molar-refractivity contribution in [1.29, 1.82) is 0 Å². The van der Waals surface area contributed by atoms with Crippen LogP contribution in [0, 0.1) is 10.1 Å². The van der Waals surface area contributed by atoms with Crippen molar-refractivity contribution in [2.45, 2.75) is 0 Å². The third kappa shape index (κ3) is 1.99. The quantitative estimate of drug-likeness (QED) is 0.552. The van der Waals surface area contributed by atoms with Gasteiger partial charge < -0.3 is 0 Å². The summed E-state index contributed by atoms with van der Waals surface area (Å²) in [5.41, 5.74) is 1.53. The Morgan fingerprint density at radius 2 is 2.07 bits per heavy atom. The van der Waals surface area contributed by atoms with E-state index in [1.54, 1.807) is 12.3 Å². The molecule has 0 spiro atoms. The maximum absolute atomic E-state index is 10.2. The summed E-state index contributed by atoms with van der Waals surface area (Å²) in [6, 6.07) is 9.33. The lowest BCUT2D eigenvalue weighted by Gasteiger charge is -1.98. The fourth-order valence-corrected chi connectivity index (χ4v) is 1.40. The zero-order valence-electron chi connectivity index (χ0n) is 7.83. The van der Waals surface area contributed by atoms with Crippen LogP contribution < -0.4 is 0 Å². The first-order chi connectivity index (χ1) is 7.27. The first-order valence-corrected chi connectivity index (χ1v) is 4.43. The number of nitro groups is 1. The molecule has 0 bridgehead atoms. The van der Waals surface area contributed by atoms with Gasteiger partial charge >= 0.3 is 0 Å². The van der Waals surface area contributed by atoms with Gasteiger partial charge in [-0.3, -0.25) is 15.1 Å². The van der Waals surface area contributed by atoms with Crippen LogP contribution >= 0.6 is 0 Å². The molecule has 2 rings (SSSR count). The van der Waals surface area contributed by atoms with Crippen molar-refractivity contribution in [2.75, 3.05) is 0 Å². The lowest BCUT2D eigenvalue weighted by Crippen LogP contribution is -1.85. The van der Waals surface area contributed by atoms with Gasteiger partial charge in [-0.2, -0.15) is 0 Å². The smallest absolute Gasteiger partial charge is 0.235 e. The highest BCUT2D eigenvalue weighted by atomic mass is 16.6. The van der Waals surface area contributed by atoms with Crippen molar-refractivity contribution in [1.82, 2.24) is 4.98 Å². The lowest BCUT2D eigenvalue weighted by atomic mass is 10.1. The molecule has 4 heteroatoms. The van der Waals surface area contributed by atoms with E-state index in [0.717, 1.165) is 22.7 Å². The highest BCUT2D eigenvalue weighted by Crippen LogP contribution is 2.16. The number of aromatic nitrogens is 1. The molecule has 0 atom stereocenters. The lowest BCUT2D eigenvalue weighted by molar-refractivity contribution is -0.400. The van der Waals surface area contributed by atoms with E-state index in [4.69, 9.17) is 0 Å². The number of para-hydroxylation sites is 1. The second-order valence-corrected chi connectivity index (χ2v) is 3.02. The number of fused-ring (bicyclic) bond motifs is 1. The van der Waals surface area contributed by atoms with Crippen LogP contribution in [-0.4, -0.2) is 9.91 Å². The molecule has 74 valence electrons. The number of pyridine rings is 1. The Hall–Kier alpha value is -2.23. The van der Waals surface area contributed by atoms with Gasteiger partial charge in [0.25, 0.3) is 0 Å². The molecular formula is C11H8N2O2. The van der Waals surface area contributed by atoms with Gasteiger partial charge in [-0.15, -0.1) is 0 Å². The van der Waals surface area contributed by atoms with Crippen molar-refractivity contribution in [2.24, 2.45) is 0 Å². The topological polar surface area (TPSA) is 56.0 Å². The molecule has 0 saturated carbocycles. The van der Waals surface area contributed by atoms with E-state index in [1.807, 2.05) is 24.3 Å². The number of hydrogen-bond acceptors (Lipinski definition) is 3. The zero-order chi connectivity index (χ0) is 10.7. The van der Waals surface area contributed by atoms with E-state index in [1.165, 1.54) is 6.08 Å². The fraction of sp³-hybridized carbons (Fsp3) is 0. The molecule has 0 N–H and O–H groups in total. The van der Waals surface area contributed by atoms with Gasteiger partial charge in [0, 0.05) is 23.2 Å². The first-order valence-electron chi connectivity index (χ1n) is 4.43. The Morgan fingerprint density at radius 3 is 2.87 bits per heavy atom. The minimum Gasteiger partial charge on any atom is -0.259 e. The van der Waals surface area contributed by atoms with Crippen LogP contribution in [0.15, 0.2) is 42.7 Å². The monoisotopic (exact) mass is 200 g/mol. The fourth-order valence-electron chi connectivity index (χ4n) is 1.40. The molecule has 0 fully saturated rings. The van der Waals surface area contributed by atoms with Gasteiger partial charge in [0.05, 0.1) is 10.4 Å². The van der Waals surface area contributed by atoms with E-state index in [-0.39, 0.29) is 0 Å². The van der Waals surface area contributed by atoms with Crippen LogP contribution in [0.2, 0.25) is 0 Å². The van der Waals surface area contributed by atoms with Crippen molar-refractivity contribution < 1.29 is 4.92 Å². The second-order valence-electron chi connectivity index (χ2n) is 3.02. The van der Waals surface area contributed by atoms with E-state index in [0.29, 0.717) is 0 Å². The Bertz CT molecular complexity index is 530. The summed E-state index contributed by atoms with van der Waals surface area (Å²) in [7, 11) is 0. The molecule has 0 radical (unpaired) electrons. The largest absolute Gasteiger partial charge is 0.259 e. The van der Waals surface area contributed by atoms with Gasteiger partial charge in [-0.1, -0.05) is 24.3 Å². The Morgan fingerprint density at radius 1 is 1.27 bits per heavy atom. The molecule has 1 aromatic heterocycles. The standard InChI is InChI=1S/C11H8N2O2/c14-13(15)8-6-10-4-1-3-9-5-2-7-12-11(9)10/h1-8H/b8-6+. The summed E-state index contributed by atoms with van der Waals surface area (Å²) >= 11 is 0. The van der Waals surface area contributed by atoms with E-state index >= 15 is 0 Å². The number of nitrogens with zero attached hydrogens (tertiary/aromatic N) is 2. The zero-order valence-corrected chi connectivity index (χ0v) is 7.83. The molecule has 1 aromatic carbocycles. The third-order valence-corrected chi connectivity index (χ3v) is 2.04. The molecule has 0 aliphatic rings. The summed E-state index contributed by atoms with van der Waals surface area (Å²) in [6.07, 6.45) is 4.05. The average molecular weight is 200 g/mol. The third-order valence-electron chi connectivity index (χ3n) is 2.04. The Balaban J connectivity index is 2.56. The van der Waals surface area contributed by atoms with Crippen LogP contribution in [0.25, 0.3) is 17.0 Å². The summed E-state index contributed by atoms with van der Waals surface area (Å²) < 4.78 is 0. The summed E-state index contributed by atoms with van der Waals surface area (Å²) in [5, 5.41) is 11.2. The minimum atomic E-state index is -0.484. The van der Waals surface area contributed by atoms with E-state index in [9.17, 15) is 10.1 Å².